The number of fused-ring (bicyclic) bond motifs is 1. The molecule has 5 rings (SSSR count). The number of aromatic amines is 1. The van der Waals surface area contributed by atoms with E-state index in [9.17, 15) is 8.78 Å². The standard InChI is InChI=1S/C26H27F2N5/c27-21-8-9-22(24(28)15-21)20-17-30-26(31-18-20)33-13-11-32(12-14-33)10-4-3-5-19-16-29-25-7-2-1-6-23(19)25/h1-2,6-9,15-18,29H,3-5,10-14H2. The molecule has 1 saturated heterocycles. The fraction of sp³-hybridized carbons (Fsp3) is 0.308. The molecule has 0 atom stereocenters. The Balaban J connectivity index is 1.08. The van der Waals surface area contributed by atoms with Crippen LogP contribution in [-0.4, -0.2) is 52.6 Å². The molecule has 0 unspecified atom stereocenters. The molecule has 0 bridgehead atoms. The summed E-state index contributed by atoms with van der Waals surface area (Å²) >= 11 is 0. The molecular formula is C26H27F2N5. The van der Waals surface area contributed by atoms with Crippen LogP contribution in [0.5, 0.6) is 0 Å². The summed E-state index contributed by atoms with van der Waals surface area (Å²) in [5, 5.41) is 1.33. The van der Waals surface area contributed by atoms with E-state index in [4.69, 9.17) is 0 Å². The molecule has 2 aromatic heterocycles. The molecule has 0 radical (unpaired) electrons. The zero-order valence-corrected chi connectivity index (χ0v) is 18.5. The van der Waals surface area contributed by atoms with Gasteiger partial charge in [0.25, 0.3) is 0 Å². The van der Waals surface area contributed by atoms with E-state index in [-0.39, 0.29) is 0 Å². The van der Waals surface area contributed by atoms with Gasteiger partial charge in [-0.1, -0.05) is 18.2 Å². The number of benzene rings is 2. The molecule has 1 fully saturated rings. The monoisotopic (exact) mass is 447 g/mol. The summed E-state index contributed by atoms with van der Waals surface area (Å²) < 4.78 is 27.1. The average Bonchev–Trinajstić information content (AvgIpc) is 3.26. The van der Waals surface area contributed by atoms with Gasteiger partial charge in [0.1, 0.15) is 11.6 Å². The zero-order chi connectivity index (χ0) is 22.6. The van der Waals surface area contributed by atoms with E-state index < -0.39 is 11.6 Å². The summed E-state index contributed by atoms with van der Waals surface area (Å²) in [6.45, 7) is 4.79. The largest absolute Gasteiger partial charge is 0.361 e. The van der Waals surface area contributed by atoms with E-state index in [1.165, 1.54) is 41.4 Å². The highest BCUT2D eigenvalue weighted by Crippen LogP contribution is 2.24. The number of piperazine rings is 1. The first-order valence-electron chi connectivity index (χ1n) is 11.5. The van der Waals surface area contributed by atoms with Crippen LogP contribution in [0, 0.1) is 11.6 Å². The van der Waals surface area contributed by atoms with Crippen molar-refractivity contribution >= 4 is 16.9 Å². The van der Waals surface area contributed by atoms with Crippen LogP contribution >= 0.6 is 0 Å². The molecule has 0 saturated carbocycles. The first-order chi connectivity index (χ1) is 16.2. The lowest BCUT2D eigenvalue weighted by Crippen LogP contribution is -2.47. The molecule has 1 aliphatic rings. The van der Waals surface area contributed by atoms with Crippen LogP contribution in [0.3, 0.4) is 0 Å². The number of H-pyrrole nitrogens is 1. The summed E-state index contributed by atoms with van der Waals surface area (Å²) in [6, 6.07) is 12.0. The van der Waals surface area contributed by atoms with Gasteiger partial charge in [-0.15, -0.1) is 0 Å². The third-order valence-electron chi connectivity index (χ3n) is 6.38. The predicted octanol–water partition coefficient (Wildman–Crippen LogP) is 5.05. The molecule has 0 amide bonds. The predicted molar refractivity (Wildman–Crippen MR) is 127 cm³/mol. The first-order valence-corrected chi connectivity index (χ1v) is 11.5. The van der Waals surface area contributed by atoms with Crippen molar-refractivity contribution < 1.29 is 8.78 Å². The Kier molecular flexibility index (Phi) is 6.30. The molecule has 2 aromatic carbocycles. The number of aryl methyl sites for hydroxylation is 1. The highest BCUT2D eigenvalue weighted by atomic mass is 19.1. The lowest BCUT2D eigenvalue weighted by Gasteiger charge is -2.34. The molecule has 3 heterocycles. The Hall–Kier alpha value is -3.32. The Morgan fingerprint density at radius 3 is 2.48 bits per heavy atom. The van der Waals surface area contributed by atoms with Gasteiger partial charge in [-0.25, -0.2) is 18.7 Å². The molecule has 1 N–H and O–H groups in total. The molecular weight excluding hydrogens is 420 g/mol. The quantitative estimate of drug-likeness (QED) is 0.403. The van der Waals surface area contributed by atoms with Crippen LogP contribution < -0.4 is 4.90 Å². The molecule has 4 aromatic rings. The van der Waals surface area contributed by atoms with Crippen LogP contribution in [0.2, 0.25) is 0 Å². The van der Waals surface area contributed by atoms with Gasteiger partial charge in [0, 0.05) is 72.9 Å². The maximum atomic E-state index is 14.0. The molecule has 1 aliphatic heterocycles. The van der Waals surface area contributed by atoms with Crippen LogP contribution in [-0.2, 0) is 6.42 Å². The van der Waals surface area contributed by atoms with Gasteiger partial charge in [-0.3, -0.25) is 4.90 Å². The maximum Gasteiger partial charge on any atom is 0.225 e. The second-order valence-electron chi connectivity index (χ2n) is 8.54. The van der Waals surface area contributed by atoms with Crippen LogP contribution in [0.15, 0.2) is 61.1 Å². The van der Waals surface area contributed by atoms with Gasteiger partial charge in [0.2, 0.25) is 5.95 Å². The van der Waals surface area contributed by atoms with Crippen molar-refractivity contribution in [3.05, 3.63) is 78.3 Å². The summed E-state index contributed by atoms with van der Waals surface area (Å²) in [6.07, 6.45) is 8.80. The number of nitrogens with one attached hydrogen (secondary N) is 1. The lowest BCUT2D eigenvalue weighted by atomic mass is 10.1. The fourth-order valence-corrected chi connectivity index (χ4v) is 4.51. The van der Waals surface area contributed by atoms with Crippen molar-refractivity contribution in [3.8, 4) is 11.1 Å². The normalized spacial score (nSPS) is 14.8. The number of unbranched alkanes of at least 4 members (excludes halogenated alkanes) is 1. The van der Waals surface area contributed by atoms with E-state index in [2.05, 4.69) is 55.2 Å². The number of rotatable bonds is 7. The average molecular weight is 448 g/mol. The number of hydrogen-bond acceptors (Lipinski definition) is 4. The number of halogens is 2. The SMILES string of the molecule is Fc1ccc(-c2cnc(N3CCN(CCCCc4c[nH]c5ccccc45)CC3)nc2)c(F)c1. The van der Waals surface area contributed by atoms with Crippen molar-refractivity contribution in [2.45, 2.75) is 19.3 Å². The maximum absolute atomic E-state index is 14.0. The van der Waals surface area contributed by atoms with Crippen LogP contribution in [0.1, 0.15) is 18.4 Å². The Morgan fingerprint density at radius 1 is 0.909 bits per heavy atom. The summed E-state index contributed by atoms with van der Waals surface area (Å²) in [4.78, 5) is 16.9. The third kappa shape index (κ3) is 4.88. The van der Waals surface area contributed by atoms with E-state index >= 15 is 0 Å². The molecule has 7 heteroatoms. The van der Waals surface area contributed by atoms with Crippen molar-refractivity contribution in [1.82, 2.24) is 19.9 Å². The molecule has 170 valence electrons. The smallest absolute Gasteiger partial charge is 0.225 e. The fourth-order valence-electron chi connectivity index (χ4n) is 4.51. The second-order valence-corrected chi connectivity index (χ2v) is 8.54. The Bertz CT molecular complexity index is 1210. The summed E-state index contributed by atoms with van der Waals surface area (Å²) in [7, 11) is 0. The van der Waals surface area contributed by atoms with Crippen molar-refractivity contribution in [3.63, 3.8) is 0 Å². The molecule has 0 aliphatic carbocycles. The number of para-hydroxylation sites is 1. The van der Waals surface area contributed by atoms with Gasteiger partial charge in [-0.2, -0.15) is 0 Å². The zero-order valence-electron chi connectivity index (χ0n) is 18.5. The van der Waals surface area contributed by atoms with E-state index in [0.717, 1.165) is 45.2 Å². The molecule has 5 nitrogen and oxygen atoms in total. The van der Waals surface area contributed by atoms with Crippen molar-refractivity contribution in [1.29, 1.82) is 0 Å². The highest BCUT2D eigenvalue weighted by molar-refractivity contribution is 5.83. The lowest BCUT2D eigenvalue weighted by molar-refractivity contribution is 0.252. The van der Waals surface area contributed by atoms with E-state index in [1.807, 2.05) is 0 Å². The van der Waals surface area contributed by atoms with E-state index in [0.29, 0.717) is 17.1 Å². The Morgan fingerprint density at radius 2 is 1.70 bits per heavy atom. The minimum absolute atomic E-state index is 0.306. The highest BCUT2D eigenvalue weighted by Gasteiger charge is 2.19. The van der Waals surface area contributed by atoms with E-state index in [1.54, 1.807) is 12.4 Å². The third-order valence-corrected chi connectivity index (χ3v) is 6.38. The summed E-state index contributed by atoms with van der Waals surface area (Å²) in [5.41, 5.74) is 3.46. The molecule has 33 heavy (non-hydrogen) atoms. The van der Waals surface area contributed by atoms with Crippen LogP contribution in [0.25, 0.3) is 22.0 Å². The first kappa shape index (κ1) is 21.5. The van der Waals surface area contributed by atoms with Crippen LogP contribution in [0.4, 0.5) is 14.7 Å². The molecule has 0 spiro atoms. The second kappa shape index (κ2) is 9.67. The number of anilines is 1. The minimum Gasteiger partial charge on any atom is -0.361 e. The Labute approximate surface area is 192 Å². The van der Waals surface area contributed by atoms with Gasteiger partial charge < -0.3 is 9.88 Å². The topological polar surface area (TPSA) is 48.1 Å². The number of nitrogens with zero attached hydrogens (tertiary/aromatic N) is 4. The van der Waals surface area contributed by atoms with Gasteiger partial charge in [-0.05, 0) is 49.6 Å². The van der Waals surface area contributed by atoms with Gasteiger partial charge >= 0.3 is 0 Å². The van der Waals surface area contributed by atoms with Crippen molar-refractivity contribution in [2.75, 3.05) is 37.6 Å². The minimum atomic E-state index is -0.607. The summed E-state index contributed by atoms with van der Waals surface area (Å²) in [5.74, 6) is -0.547. The van der Waals surface area contributed by atoms with Gasteiger partial charge in [0.05, 0.1) is 0 Å². The number of hydrogen-bond donors (Lipinski definition) is 1. The number of aromatic nitrogens is 3. The van der Waals surface area contributed by atoms with Gasteiger partial charge in [0.15, 0.2) is 0 Å². The van der Waals surface area contributed by atoms with Crippen molar-refractivity contribution in [2.24, 2.45) is 0 Å².